The third-order valence-electron chi connectivity index (χ3n) is 3.81. The van der Waals surface area contributed by atoms with E-state index in [0.29, 0.717) is 0 Å². The molecule has 26 heavy (non-hydrogen) atoms. The van der Waals surface area contributed by atoms with Gasteiger partial charge in [0.15, 0.2) is 28.8 Å². The molecule has 136 valence electrons. The van der Waals surface area contributed by atoms with Crippen LogP contribution in [0, 0.1) is 0 Å². The van der Waals surface area contributed by atoms with Crippen molar-refractivity contribution in [1.29, 1.82) is 0 Å². The summed E-state index contributed by atoms with van der Waals surface area (Å²) in [6.07, 6.45) is 0. The molecule has 3 aromatic rings. The lowest BCUT2D eigenvalue weighted by Crippen LogP contribution is -2.04. The maximum Gasteiger partial charge on any atom is 0.238 e. The number of rotatable bonds is 3. The van der Waals surface area contributed by atoms with Crippen LogP contribution < -0.4 is 14.9 Å². The van der Waals surface area contributed by atoms with Gasteiger partial charge < -0.3 is 39.4 Å². The number of hydrogen-bond donors (Lipinski definition) is 5. The Balaban J connectivity index is 2.38. The first-order valence-electron chi connectivity index (χ1n) is 7.19. The molecule has 0 amide bonds. The van der Waals surface area contributed by atoms with Gasteiger partial charge in [-0.25, -0.2) is 0 Å². The van der Waals surface area contributed by atoms with Crippen molar-refractivity contribution in [3.8, 4) is 51.6 Å². The maximum absolute atomic E-state index is 12.5. The normalized spacial score (nSPS) is 10.8. The first kappa shape index (κ1) is 17.1. The second-order valence-electron chi connectivity index (χ2n) is 5.31. The van der Waals surface area contributed by atoms with Gasteiger partial charge >= 0.3 is 0 Å². The predicted octanol–water partition coefficient (Wildman–Crippen LogP) is 2.01. The zero-order chi connectivity index (χ0) is 19.2. The van der Waals surface area contributed by atoms with E-state index in [1.54, 1.807) is 0 Å². The quantitative estimate of drug-likeness (QED) is 0.441. The summed E-state index contributed by atoms with van der Waals surface area (Å²) < 4.78 is 15.2. The fourth-order valence-electron chi connectivity index (χ4n) is 2.57. The molecule has 0 radical (unpaired) electrons. The van der Waals surface area contributed by atoms with Crippen LogP contribution in [-0.4, -0.2) is 39.8 Å². The Morgan fingerprint density at radius 1 is 0.846 bits per heavy atom. The van der Waals surface area contributed by atoms with E-state index in [1.165, 1.54) is 20.3 Å². The highest BCUT2D eigenvalue weighted by atomic mass is 16.5. The van der Waals surface area contributed by atoms with Gasteiger partial charge in [0, 0.05) is 11.6 Å². The summed E-state index contributed by atoms with van der Waals surface area (Å²) in [6, 6.07) is 3.31. The summed E-state index contributed by atoms with van der Waals surface area (Å²) in [6.45, 7) is 0. The van der Waals surface area contributed by atoms with E-state index < -0.39 is 39.6 Å². The Bertz CT molecular complexity index is 1080. The topological polar surface area (TPSA) is 150 Å². The molecule has 0 bridgehead atoms. The number of hydrogen-bond acceptors (Lipinski definition) is 9. The zero-order valence-corrected chi connectivity index (χ0v) is 13.6. The van der Waals surface area contributed by atoms with Crippen LogP contribution in [0.4, 0.5) is 0 Å². The molecular formula is C17H14O9. The summed E-state index contributed by atoms with van der Waals surface area (Å²) in [5.74, 6) is -3.95. The molecule has 0 saturated heterocycles. The number of phenols is 4. The van der Waals surface area contributed by atoms with Crippen molar-refractivity contribution in [2.45, 2.75) is 0 Å². The molecule has 3 rings (SSSR count). The van der Waals surface area contributed by atoms with Gasteiger partial charge in [-0.15, -0.1) is 0 Å². The van der Waals surface area contributed by atoms with Crippen LogP contribution in [0.5, 0.6) is 40.2 Å². The number of ether oxygens (including phenoxy) is 2. The molecule has 2 aromatic carbocycles. The number of benzene rings is 2. The van der Waals surface area contributed by atoms with Crippen molar-refractivity contribution in [3.05, 3.63) is 28.4 Å². The van der Waals surface area contributed by atoms with Crippen molar-refractivity contribution < 1.29 is 39.4 Å². The van der Waals surface area contributed by atoms with Crippen LogP contribution in [0.2, 0.25) is 0 Å². The first-order valence-corrected chi connectivity index (χ1v) is 7.19. The first-order chi connectivity index (χ1) is 12.3. The lowest BCUT2D eigenvalue weighted by molar-refractivity contribution is 0.346. The minimum absolute atomic E-state index is 0.0171. The summed E-state index contributed by atoms with van der Waals surface area (Å²) >= 11 is 0. The van der Waals surface area contributed by atoms with Crippen LogP contribution in [0.1, 0.15) is 0 Å². The Morgan fingerprint density at radius 3 is 2.15 bits per heavy atom. The summed E-state index contributed by atoms with van der Waals surface area (Å²) in [5, 5.41) is 49.3. The summed E-state index contributed by atoms with van der Waals surface area (Å²) in [4.78, 5) is 12.5. The molecular weight excluding hydrogens is 348 g/mol. The molecule has 1 heterocycles. The molecule has 0 atom stereocenters. The second kappa shape index (κ2) is 5.96. The highest BCUT2D eigenvalue weighted by molar-refractivity contribution is 5.91. The average molecular weight is 362 g/mol. The van der Waals surface area contributed by atoms with Crippen molar-refractivity contribution >= 4 is 11.0 Å². The van der Waals surface area contributed by atoms with Gasteiger partial charge in [0.05, 0.1) is 14.2 Å². The maximum atomic E-state index is 12.5. The zero-order valence-electron chi connectivity index (χ0n) is 13.6. The summed E-state index contributed by atoms with van der Waals surface area (Å²) in [7, 11) is 2.43. The highest BCUT2D eigenvalue weighted by Gasteiger charge is 2.24. The van der Waals surface area contributed by atoms with Gasteiger partial charge in [0.2, 0.25) is 22.7 Å². The Kier molecular flexibility index (Phi) is 3.91. The molecule has 1 aromatic heterocycles. The Labute approximate surface area is 145 Å². The molecule has 9 nitrogen and oxygen atoms in total. The SMILES string of the molecule is COc1cc(-c2oc3cc(O)c(OC)c(O)c3c(=O)c2O)cc(O)c1O. The van der Waals surface area contributed by atoms with Gasteiger partial charge in [0.25, 0.3) is 0 Å². The van der Waals surface area contributed by atoms with Gasteiger partial charge in [0.1, 0.15) is 11.0 Å². The largest absolute Gasteiger partial charge is 0.504 e. The molecule has 0 fully saturated rings. The van der Waals surface area contributed by atoms with E-state index in [-0.39, 0.29) is 28.4 Å². The average Bonchev–Trinajstić information content (AvgIpc) is 2.60. The van der Waals surface area contributed by atoms with Gasteiger partial charge in [-0.05, 0) is 12.1 Å². The Hall–Kier alpha value is -3.75. The van der Waals surface area contributed by atoms with Crippen LogP contribution in [-0.2, 0) is 0 Å². The lowest BCUT2D eigenvalue weighted by atomic mass is 10.1. The van der Waals surface area contributed by atoms with Gasteiger partial charge in [-0.1, -0.05) is 0 Å². The van der Waals surface area contributed by atoms with Gasteiger partial charge in [-0.3, -0.25) is 4.79 Å². The summed E-state index contributed by atoms with van der Waals surface area (Å²) in [5.41, 5.74) is -1.20. The molecule has 5 N–H and O–H groups in total. The molecule has 9 heteroatoms. The van der Waals surface area contributed by atoms with E-state index in [2.05, 4.69) is 0 Å². The van der Waals surface area contributed by atoms with Crippen LogP contribution in [0.3, 0.4) is 0 Å². The van der Waals surface area contributed by atoms with E-state index in [0.717, 1.165) is 12.1 Å². The third kappa shape index (κ3) is 2.37. The van der Waals surface area contributed by atoms with E-state index in [4.69, 9.17) is 13.9 Å². The third-order valence-corrected chi connectivity index (χ3v) is 3.81. The smallest absolute Gasteiger partial charge is 0.238 e. The van der Waals surface area contributed by atoms with Crippen LogP contribution in [0.25, 0.3) is 22.3 Å². The molecule has 0 aliphatic heterocycles. The molecule has 0 saturated carbocycles. The van der Waals surface area contributed by atoms with E-state index in [9.17, 15) is 30.3 Å². The minimum atomic E-state index is -0.983. The standard InChI is InChI=1S/C17H14O9/c1-24-10-4-6(3-7(18)12(10)20)16-15(23)13(21)11-9(26-16)5-8(19)17(25-2)14(11)22/h3-5,18-20,22-23H,1-2H3. The molecule has 0 spiro atoms. The monoisotopic (exact) mass is 362 g/mol. The van der Waals surface area contributed by atoms with Crippen molar-refractivity contribution in [2.75, 3.05) is 14.2 Å². The molecule has 0 aliphatic carbocycles. The van der Waals surface area contributed by atoms with Gasteiger partial charge in [-0.2, -0.15) is 0 Å². The number of methoxy groups -OCH3 is 2. The van der Waals surface area contributed by atoms with Crippen LogP contribution in [0.15, 0.2) is 27.4 Å². The van der Waals surface area contributed by atoms with E-state index in [1.807, 2.05) is 0 Å². The van der Waals surface area contributed by atoms with Crippen LogP contribution >= 0.6 is 0 Å². The van der Waals surface area contributed by atoms with E-state index >= 15 is 0 Å². The fraction of sp³-hybridized carbons (Fsp3) is 0.118. The number of fused-ring (bicyclic) bond motifs is 1. The van der Waals surface area contributed by atoms with Crippen molar-refractivity contribution in [3.63, 3.8) is 0 Å². The minimum Gasteiger partial charge on any atom is -0.504 e. The number of phenolic OH excluding ortho intramolecular Hbond substituents is 4. The predicted molar refractivity (Wildman–Crippen MR) is 89.3 cm³/mol. The fourth-order valence-corrected chi connectivity index (χ4v) is 2.57. The second-order valence-corrected chi connectivity index (χ2v) is 5.31. The van der Waals surface area contributed by atoms with Crippen molar-refractivity contribution in [1.82, 2.24) is 0 Å². The lowest BCUT2D eigenvalue weighted by Gasteiger charge is -2.12. The highest BCUT2D eigenvalue weighted by Crippen LogP contribution is 2.45. The van der Waals surface area contributed by atoms with Crippen molar-refractivity contribution in [2.24, 2.45) is 0 Å². The Morgan fingerprint density at radius 2 is 1.54 bits per heavy atom. The molecule has 0 unspecified atom stereocenters. The number of aromatic hydroxyl groups is 5. The molecule has 0 aliphatic rings.